The molecule has 96 valence electrons. The molecule has 2 heterocycles. The van der Waals surface area contributed by atoms with Gasteiger partial charge in [0.05, 0.1) is 6.04 Å². The van der Waals surface area contributed by atoms with E-state index in [1.54, 1.807) is 6.20 Å². The van der Waals surface area contributed by atoms with E-state index in [0.29, 0.717) is 0 Å². The number of aryl methyl sites for hydroxylation is 2. The minimum atomic E-state index is -0.279. The number of para-hydroxylation sites is 1. The van der Waals surface area contributed by atoms with Crippen LogP contribution in [0.5, 0.6) is 0 Å². The summed E-state index contributed by atoms with van der Waals surface area (Å²) in [4.78, 5) is 4.18. The van der Waals surface area contributed by atoms with Crippen molar-refractivity contribution in [2.24, 2.45) is 5.73 Å². The van der Waals surface area contributed by atoms with E-state index in [2.05, 4.69) is 4.98 Å². The van der Waals surface area contributed by atoms with Crippen LogP contribution in [0.4, 0.5) is 0 Å². The number of hydrogen-bond acceptors (Lipinski definition) is 3. The number of furan rings is 1. The molecular formula is C16H16N2O. The van der Waals surface area contributed by atoms with Crippen molar-refractivity contribution in [1.82, 2.24) is 4.98 Å². The average molecular weight is 252 g/mol. The van der Waals surface area contributed by atoms with Crippen LogP contribution >= 0.6 is 0 Å². The standard InChI is InChI=1S/C16H16N2O/c1-10-6-13(9-18-8-10)15(17)14-7-12-5-3-4-11(2)16(12)19-14/h3-9,15H,17H2,1-2H3. The predicted octanol–water partition coefficient (Wildman–Crippen LogP) is 3.49. The first-order valence-electron chi connectivity index (χ1n) is 6.31. The summed E-state index contributed by atoms with van der Waals surface area (Å²) in [6.07, 6.45) is 3.61. The molecule has 0 fully saturated rings. The monoisotopic (exact) mass is 252 g/mol. The molecule has 19 heavy (non-hydrogen) atoms. The Morgan fingerprint density at radius 1 is 1.16 bits per heavy atom. The van der Waals surface area contributed by atoms with E-state index in [4.69, 9.17) is 10.2 Å². The number of hydrogen-bond donors (Lipinski definition) is 1. The second-order valence-corrected chi connectivity index (χ2v) is 4.92. The van der Waals surface area contributed by atoms with Gasteiger partial charge in [0.1, 0.15) is 11.3 Å². The number of aromatic nitrogens is 1. The van der Waals surface area contributed by atoms with Gasteiger partial charge in [-0.25, -0.2) is 0 Å². The van der Waals surface area contributed by atoms with Gasteiger partial charge < -0.3 is 10.2 Å². The molecule has 3 nitrogen and oxygen atoms in total. The first kappa shape index (κ1) is 11.9. The molecule has 0 saturated heterocycles. The largest absolute Gasteiger partial charge is 0.459 e. The molecule has 0 saturated carbocycles. The summed E-state index contributed by atoms with van der Waals surface area (Å²) in [6, 6.07) is 9.87. The van der Waals surface area contributed by atoms with Crippen LogP contribution in [0.3, 0.4) is 0 Å². The van der Waals surface area contributed by atoms with E-state index in [9.17, 15) is 0 Å². The molecule has 3 rings (SSSR count). The minimum absolute atomic E-state index is 0.279. The highest BCUT2D eigenvalue weighted by Gasteiger charge is 2.15. The SMILES string of the molecule is Cc1cncc(C(N)c2cc3cccc(C)c3o2)c1. The van der Waals surface area contributed by atoms with E-state index < -0.39 is 0 Å². The van der Waals surface area contributed by atoms with E-state index >= 15 is 0 Å². The molecule has 3 heteroatoms. The van der Waals surface area contributed by atoms with Crippen LogP contribution in [0.25, 0.3) is 11.0 Å². The van der Waals surface area contributed by atoms with Crippen molar-refractivity contribution in [1.29, 1.82) is 0 Å². The Labute approximate surface area is 112 Å². The number of fused-ring (bicyclic) bond motifs is 1. The molecule has 3 aromatic rings. The lowest BCUT2D eigenvalue weighted by atomic mass is 10.1. The zero-order valence-electron chi connectivity index (χ0n) is 11.1. The molecule has 0 aliphatic rings. The van der Waals surface area contributed by atoms with Gasteiger partial charge in [-0.2, -0.15) is 0 Å². The maximum atomic E-state index is 6.27. The van der Waals surface area contributed by atoms with Gasteiger partial charge in [0, 0.05) is 17.8 Å². The number of rotatable bonds is 2. The Kier molecular flexibility index (Phi) is 2.84. The lowest BCUT2D eigenvalue weighted by Crippen LogP contribution is -2.11. The van der Waals surface area contributed by atoms with E-state index in [1.807, 2.05) is 50.4 Å². The van der Waals surface area contributed by atoms with Crippen LogP contribution in [0.15, 0.2) is 47.1 Å². The van der Waals surface area contributed by atoms with Gasteiger partial charge in [-0.1, -0.05) is 24.3 Å². The van der Waals surface area contributed by atoms with Gasteiger partial charge in [-0.3, -0.25) is 4.98 Å². The predicted molar refractivity (Wildman–Crippen MR) is 76.0 cm³/mol. The summed E-state index contributed by atoms with van der Waals surface area (Å²) in [5, 5.41) is 1.09. The normalized spacial score (nSPS) is 12.8. The van der Waals surface area contributed by atoms with Crippen LogP contribution in [0, 0.1) is 13.8 Å². The molecule has 2 aromatic heterocycles. The number of benzene rings is 1. The van der Waals surface area contributed by atoms with Crippen molar-refractivity contribution >= 4 is 11.0 Å². The second-order valence-electron chi connectivity index (χ2n) is 4.92. The molecule has 2 N–H and O–H groups in total. The number of pyridine rings is 1. The van der Waals surface area contributed by atoms with Gasteiger partial charge in [0.25, 0.3) is 0 Å². The van der Waals surface area contributed by atoms with Gasteiger partial charge in [0.15, 0.2) is 0 Å². The highest BCUT2D eigenvalue weighted by atomic mass is 16.3. The molecule has 0 spiro atoms. The molecule has 1 unspecified atom stereocenters. The van der Waals surface area contributed by atoms with Crippen molar-refractivity contribution in [2.75, 3.05) is 0 Å². The summed E-state index contributed by atoms with van der Waals surface area (Å²) < 4.78 is 5.90. The summed E-state index contributed by atoms with van der Waals surface area (Å²) in [5.74, 6) is 0.775. The maximum Gasteiger partial charge on any atom is 0.137 e. The smallest absolute Gasteiger partial charge is 0.137 e. The van der Waals surface area contributed by atoms with E-state index in [1.165, 1.54) is 0 Å². The molecular weight excluding hydrogens is 236 g/mol. The first-order chi connectivity index (χ1) is 9.15. The van der Waals surface area contributed by atoms with E-state index in [0.717, 1.165) is 33.4 Å². The third kappa shape index (κ3) is 2.13. The Balaban J connectivity index is 2.06. The maximum absolute atomic E-state index is 6.27. The summed E-state index contributed by atoms with van der Waals surface area (Å²) in [5.41, 5.74) is 10.4. The van der Waals surface area contributed by atoms with Crippen molar-refractivity contribution in [2.45, 2.75) is 19.9 Å². The Morgan fingerprint density at radius 3 is 2.74 bits per heavy atom. The van der Waals surface area contributed by atoms with E-state index in [-0.39, 0.29) is 6.04 Å². The second kappa shape index (κ2) is 4.52. The molecule has 0 amide bonds. The highest BCUT2D eigenvalue weighted by Crippen LogP contribution is 2.28. The van der Waals surface area contributed by atoms with Gasteiger partial charge >= 0.3 is 0 Å². The fourth-order valence-corrected chi connectivity index (χ4v) is 2.29. The lowest BCUT2D eigenvalue weighted by molar-refractivity contribution is 0.523. The number of nitrogens with zero attached hydrogens (tertiary/aromatic N) is 1. The van der Waals surface area contributed by atoms with Crippen LogP contribution < -0.4 is 5.73 Å². The molecule has 0 aliphatic heterocycles. The highest BCUT2D eigenvalue weighted by molar-refractivity contribution is 5.81. The zero-order valence-corrected chi connectivity index (χ0v) is 11.1. The van der Waals surface area contributed by atoms with Crippen LogP contribution in [-0.2, 0) is 0 Å². The molecule has 1 aromatic carbocycles. The van der Waals surface area contributed by atoms with Gasteiger partial charge in [-0.05, 0) is 36.6 Å². The fourth-order valence-electron chi connectivity index (χ4n) is 2.29. The summed E-state index contributed by atoms with van der Waals surface area (Å²) in [7, 11) is 0. The first-order valence-corrected chi connectivity index (χ1v) is 6.31. The number of nitrogens with two attached hydrogens (primary N) is 1. The Hall–Kier alpha value is -2.13. The third-order valence-electron chi connectivity index (χ3n) is 3.32. The zero-order chi connectivity index (χ0) is 13.4. The summed E-state index contributed by atoms with van der Waals surface area (Å²) >= 11 is 0. The molecule has 0 aliphatic carbocycles. The van der Waals surface area contributed by atoms with Gasteiger partial charge in [-0.15, -0.1) is 0 Å². The van der Waals surface area contributed by atoms with Crippen LogP contribution in [0.2, 0.25) is 0 Å². The van der Waals surface area contributed by atoms with Crippen LogP contribution in [0.1, 0.15) is 28.5 Å². The molecule has 1 atom stereocenters. The average Bonchev–Trinajstić information content (AvgIpc) is 2.83. The Bertz CT molecular complexity index is 730. The molecule has 0 bridgehead atoms. The van der Waals surface area contributed by atoms with Crippen molar-refractivity contribution in [3.05, 3.63) is 65.2 Å². The fraction of sp³-hybridized carbons (Fsp3) is 0.188. The Morgan fingerprint density at radius 2 is 2.00 bits per heavy atom. The quantitative estimate of drug-likeness (QED) is 0.759. The van der Waals surface area contributed by atoms with Crippen molar-refractivity contribution < 1.29 is 4.42 Å². The van der Waals surface area contributed by atoms with Crippen molar-refractivity contribution in [3.8, 4) is 0 Å². The third-order valence-corrected chi connectivity index (χ3v) is 3.32. The van der Waals surface area contributed by atoms with Gasteiger partial charge in [0.2, 0.25) is 0 Å². The summed E-state index contributed by atoms with van der Waals surface area (Å²) in [6.45, 7) is 4.04. The lowest BCUT2D eigenvalue weighted by Gasteiger charge is -2.08. The minimum Gasteiger partial charge on any atom is -0.459 e. The van der Waals surface area contributed by atoms with Crippen LogP contribution in [-0.4, -0.2) is 4.98 Å². The topological polar surface area (TPSA) is 52.0 Å². The van der Waals surface area contributed by atoms with Crippen molar-refractivity contribution in [3.63, 3.8) is 0 Å². The molecule has 0 radical (unpaired) electrons.